The van der Waals surface area contributed by atoms with E-state index in [2.05, 4.69) is 0 Å². The number of pyridine rings is 1. The highest BCUT2D eigenvalue weighted by atomic mass is 16.1. The predicted octanol–water partition coefficient (Wildman–Crippen LogP) is 1.66. The second-order valence-corrected chi connectivity index (χ2v) is 4.19. The van der Waals surface area contributed by atoms with Crippen molar-refractivity contribution in [3.8, 4) is 0 Å². The molecule has 3 nitrogen and oxygen atoms in total. The van der Waals surface area contributed by atoms with Crippen LogP contribution in [0.25, 0.3) is 0 Å². The predicted molar refractivity (Wildman–Crippen MR) is 68.9 cm³/mol. The zero-order chi connectivity index (χ0) is 12.3. The second-order valence-electron chi connectivity index (χ2n) is 4.19. The van der Waals surface area contributed by atoms with Crippen molar-refractivity contribution in [3.63, 3.8) is 0 Å². The molecule has 2 N–H and O–H groups in total. The van der Waals surface area contributed by atoms with Crippen molar-refractivity contribution >= 4 is 0 Å². The highest BCUT2D eigenvalue weighted by Crippen LogP contribution is 2.05. The zero-order valence-corrected chi connectivity index (χ0v) is 9.89. The van der Waals surface area contributed by atoms with Crippen molar-refractivity contribution in [2.45, 2.75) is 20.0 Å². The molecule has 0 saturated carbocycles. The van der Waals surface area contributed by atoms with Gasteiger partial charge in [0.25, 0.3) is 5.56 Å². The normalized spacial score (nSPS) is 10.5. The number of hydrogen-bond donors (Lipinski definition) is 1. The van der Waals surface area contributed by atoms with Crippen LogP contribution in [0.1, 0.15) is 16.7 Å². The van der Waals surface area contributed by atoms with E-state index in [9.17, 15) is 4.79 Å². The maximum absolute atomic E-state index is 11.7. The molecule has 0 fully saturated rings. The molecule has 0 saturated heterocycles. The summed E-state index contributed by atoms with van der Waals surface area (Å²) in [5, 5.41) is 0. The molecular formula is C14H16N2O. The van der Waals surface area contributed by atoms with E-state index in [1.807, 2.05) is 43.5 Å². The van der Waals surface area contributed by atoms with Gasteiger partial charge in [0.1, 0.15) is 0 Å². The zero-order valence-electron chi connectivity index (χ0n) is 9.89. The summed E-state index contributed by atoms with van der Waals surface area (Å²) in [5.41, 5.74) is 8.77. The quantitative estimate of drug-likeness (QED) is 0.868. The summed E-state index contributed by atoms with van der Waals surface area (Å²) in [6.45, 7) is 3.07. The highest BCUT2D eigenvalue weighted by Gasteiger charge is 1.98. The number of aromatic nitrogens is 1. The van der Waals surface area contributed by atoms with Crippen molar-refractivity contribution in [3.05, 3.63) is 69.6 Å². The first kappa shape index (κ1) is 11.6. The van der Waals surface area contributed by atoms with Crippen LogP contribution in [0.4, 0.5) is 0 Å². The van der Waals surface area contributed by atoms with E-state index in [1.165, 1.54) is 0 Å². The number of aryl methyl sites for hydroxylation is 1. The molecule has 1 aromatic carbocycles. The van der Waals surface area contributed by atoms with Crippen molar-refractivity contribution in [2.75, 3.05) is 0 Å². The minimum absolute atomic E-state index is 0.0351. The SMILES string of the molecule is Cc1ccn(Cc2ccc(CN)cc2)c(=O)c1. The van der Waals surface area contributed by atoms with E-state index in [0.717, 1.165) is 16.7 Å². The minimum atomic E-state index is 0.0351. The standard InChI is InChI=1S/C14H16N2O/c1-11-6-7-16(14(17)8-11)10-13-4-2-12(9-15)3-5-13/h2-8H,9-10,15H2,1H3. The van der Waals surface area contributed by atoms with Gasteiger partial charge in [0.05, 0.1) is 6.54 Å². The monoisotopic (exact) mass is 228 g/mol. The number of hydrogen-bond acceptors (Lipinski definition) is 2. The third-order valence-corrected chi connectivity index (χ3v) is 2.76. The number of rotatable bonds is 3. The number of nitrogens with two attached hydrogens (primary N) is 1. The second kappa shape index (κ2) is 4.97. The lowest BCUT2D eigenvalue weighted by atomic mass is 10.1. The van der Waals surface area contributed by atoms with Gasteiger partial charge in [0.15, 0.2) is 0 Å². The van der Waals surface area contributed by atoms with Gasteiger partial charge in [0, 0.05) is 18.8 Å². The first-order valence-electron chi connectivity index (χ1n) is 5.64. The summed E-state index contributed by atoms with van der Waals surface area (Å²) in [6, 6.07) is 11.6. The minimum Gasteiger partial charge on any atom is -0.326 e. The molecule has 17 heavy (non-hydrogen) atoms. The largest absolute Gasteiger partial charge is 0.326 e. The van der Waals surface area contributed by atoms with Crippen LogP contribution in [0.15, 0.2) is 47.4 Å². The summed E-state index contributed by atoms with van der Waals surface area (Å²) < 4.78 is 1.70. The molecule has 0 aliphatic carbocycles. The van der Waals surface area contributed by atoms with Crippen LogP contribution < -0.4 is 11.3 Å². The molecule has 0 atom stereocenters. The van der Waals surface area contributed by atoms with Gasteiger partial charge in [-0.3, -0.25) is 4.79 Å². The van der Waals surface area contributed by atoms with Crippen LogP contribution in [0, 0.1) is 6.92 Å². The summed E-state index contributed by atoms with van der Waals surface area (Å²) in [4.78, 5) is 11.7. The van der Waals surface area contributed by atoms with Crippen LogP contribution in [0.5, 0.6) is 0 Å². The number of benzene rings is 1. The molecule has 88 valence electrons. The van der Waals surface area contributed by atoms with Crippen LogP contribution in [-0.4, -0.2) is 4.57 Å². The fourth-order valence-corrected chi connectivity index (χ4v) is 1.71. The Morgan fingerprint density at radius 1 is 1.12 bits per heavy atom. The fraction of sp³-hybridized carbons (Fsp3) is 0.214. The third-order valence-electron chi connectivity index (χ3n) is 2.76. The molecule has 2 rings (SSSR count). The van der Waals surface area contributed by atoms with Gasteiger partial charge in [-0.15, -0.1) is 0 Å². The van der Waals surface area contributed by atoms with Gasteiger partial charge in [-0.05, 0) is 29.7 Å². The lowest BCUT2D eigenvalue weighted by Gasteiger charge is -2.06. The molecule has 0 radical (unpaired) electrons. The van der Waals surface area contributed by atoms with E-state index < -0.39 is 0 Å². The van der Waals surface area contributed by atoms with Gasteiger partial charge < -0.3 is 10.3 Å². The molecule has 0 bridgehead atoms. The van der Waals surface area contributed by atoms with Crippen LogP contribution >= 0.6 is 0 Å². The smallest absolute Gasteiger partial charge is 0.251 e. The van der Waals surface area contributed by atoms with Crippen LogP contribution in [0.3, 0.4) is 0 Å². The Kier molecular flexibility index (Phi) is 3.40. The van der Waals surface area contributed by atoms with Gasteiger partial charge in [-0.2, -0.15) is 0 Å². The van der Waals surface area contributed by atoms with Crippen LogP contribution in [0.2, 0.25) is 0 Å². The van der Waals surface area contributed by atoms with E-state index in [4.69, 9.17) is 5.73 Å². The Morgan fingerprint density at radius 2 is 1.76 bits per heavy atom. The number of nitrogens with zero attached hydrogens (tertiary/aromatic N) is 1. The first-order chi connectivity index (χ1) is 8.19. The summed E-state index contributed by atoms with van der Waals surface area (Å²) in [5.74, 6) is 0. The molecule has 1 heterocycles. The van der Waals surface area contributed by atoms with Crippen molar-refractivity contribution < 1.29 is 0 Å². The summed E-state index contributed by atoms with van der Waals surface area (Å²) in [6.07, 6.45) is 1.83. The van der Waals surface area contributed by atoms with E-state index >= 15 is 0 Å². The Morgan fingerprint density at radius 3 is 2.35 bits per heavy atom. The lowest BCUT2D eigenvalue weighted by molar-refractivity contribution is 0.756. The van der Waals surface area contributed by atoms with E-state index in [-0.39, 0.29) is 5.56 Å². The molecule has 0 aliphatic rings. The molecule has 0 spiro atoms. The maximum atomic E-state index is 11.7. The van der Waals surface area contributed by atoms with Crippen LogP contribution in [-0.2, 0) is 13.1 Å². The van der Waals surface area contributed by atoms with E-state index in [0.29, 0.717) is 13.1 Å². The molecular weight excluding hydrogens is 212 g/mol. The average molecular weight is 228 g/mol. The molecule has 3 heteroatoms. The molecule has 1 aromatic heterocycles. The third kappa shape index (κ3) is 2.82. The average Bonchev–Trinajstić information content (AvgIpc) is 2.34. The molecule has 2 aromatic rings. The molecule has 0 unspecified atom stereocenters. The van der Waals surface area contributed by atoms with Gasteiger partial charge >= 0.3 is 0 Å². The Balaban J connectivity index is 2.22. The highest BCUT2D eigenvalue weighted by molar-refractivity contribution is 5.23. The fourth-order valence-electron chi connectivity index (χ4n) is 1.71. The first-order valence-corrected chi connectivity index (χ1v) is 5.64. The van der Waals surface area contributed by atoms with Gasteiger partial charge in [-0.1, -0.05) is 24.3 Å². The maximum Gasteiger partial charge on any atom is 0.251 e. The van der Waals surface area contributed by atoms with E-state index in [1.54, 1.807) is 10.6 Å². The lowest BCUT2D eigenvalue weighted by Crippen LogP contribution is -2.19. The van der Waals surface area contributed by atoms with Crippen molar-refractivity contribution in [2.24, 2.45) is 5.73 Å². The topological polar surface area (TPSA) is 48.0 Å². The summed E-state index contributed by atoms with van der Waals surface area (Å²) in [7, 11) is 0. The summed E-state index contributed by atoms with van der Waals surface area (Å²) >= 11 is 0. The Hall–Kier alpha value is -1.87. The Bertz CT molecular complexity index is 555. The van der Waals surface area contributed by atoms with Gasteiger partial charge in [0.2, 0.25) is 0 Å². The molecule has 0 aliphatic heterocycles. The molecule has 0 amide bonds. The van der Waals surface area contributed by atoms with Crippen molar-refractivity contribution in [1.82, 2.24) is 4.57 Å². The van der Waals surface area contributed by atoms with Crippen molar-refractivity contribution in [1.29, 1.82) is 0 Å². The van der Waals surface area contributed by atoms with Gasteiger partial charge in [-0.25, -0.2) is 0 Å². The Labute approximate surface area is 101 Å².